The Hall–Kier alpha value is -4.56. The van der Waals surface area contributed by atoms with E-state index in [4.69, 9.17) is 18.9 Å². The highest BCUT2D eigenvalue weighted by atomic mass is 16.6. The van der Waals surface area contributed by atoms with Gasteiger partial charge in [0.25, 0.3) is 0 Å². The Morgan fingerprint density at radius 3 is 1.67 bits per heavy atom. The first-order chi connectivity index (χ1) is 24.1. The molecule has 5 amide bonds. The predicted molar refractivity (Wildman–Crippen MR) is 195 cm³/mol. The van der Waals surface area contributed by atoms with Crippen molar-refractivity contribution in [3.8, 4) is 0 Å². The Labute approximate surface area is 308 Å². The van der Waals surface area contributed by atoms with Crippen molar-refractivity contribution < 1.29 is 47.7 Å². The molecular formula is C37H61N5O10. The molecule has 294 valence electrons. The van der Waals surface area contributed by atoms with Gasteiger partial charge in [0.15, 0.2) is 0 Å². The molecule has 0 aliphatic carbocycles. The Kier molecular flexibility index (Phi) is 19.6. The summed E-state index contributed by atoms with van der Waals surface area (Å²) in [6.07, 6.45) is -0.215. The third kappa shape index (κ3) is 23.8. The van der Waals surface area contributed by atoms with Gasteiger partial charge in [0.1, 0.15) is 29.5 Å². The number of alkyl carbamates (subject to hydrolysis) is 3. The van der Waals surface area contributed by atoms with Gasteiger partial charge in [0, 0.05) is 45.6 Å². The minimum absolute atomic E-state index is 0.0490. The number of ether oxygens (including phenoxy) is 4. The number of hydrogen-bond donors (Lipinski definition) is 4. The average Bonchev–Trinajstić information content (AvgIpc) is 3.00. The number of carbonyl (C=O) groups is 6. The lowest BCUT2D eigenvalue weighted by Crippen LogP contribution is -2.49. The topological polar surface area (TPSA) is 191 Å². The second-order valence-corrected chi connectivity index (χ2v) is 15.2. The standard InChI is InChI=1S/C37H61N5O10/c1-35(2,3)50-32(46)39-22-24-42(25-23-40-33(47)51-36(4,5)6)29(43)20-19-28(41-34(48)52-37(7,8)9)31(45)38-21-15-11-14-18-30(44)49-26-27-16-12-10-13-17-27/h10,12-13,16-17,28H,11,14-15,18-26H2,1-9H3,(H,38,45)(H,39,46)(H,40,47)(H,41,48). The van der Waals surface area contributed by atoms with Crippen molar-refractivity contribution in [2.24, 2.45) is 0 Å². The van der Waals surface area contributed by atoms with Gasteiger partial charge in [-0.1, -0.05) is 36.8 Å². The van der Waals surface area contributed by atoms with E-state index >= 15 is 0 Å². The summed E-state index contributed by atoms with van der Waals surface area (Å²) in [7, 11) is 0. The molecule has 0 aliphatic heterocycles. The Balaban J connectivity index is 2.77. The predicted octanol–water partition coefficient (Wildman–Crippen LogP) is 4.96. The van der Waals surface area contributed by atoms with Crippen molar-refractivity contribution in [1.29, 1.82) is 0 Å². The maximum atomic E-state index is 13.4. The number of rotatable bonds is 19. The van der Waals surface area contributed by atoms with E-state index in [1.165, 1.54) is 4.90 Å². The largest absolute Gasteiger partial charge is 0.461 e. The first-order valence-electron chi connectivity index (χ1n) is 17.8. The molecule has 0 saturated heterocycles. The maximum Gasteiger partial charge on any atom is 0.408 e. The van der Waals surface area contributed by atoms with Crippen molar-refractivity contribution in [2.75, 3.05) is 32.7 Å². The molecule has 0 fully saturated rings. The van der Waals surface area contributed by atoms with Gasteiger partial charge in [-0.15, -0.1) is 0 Å². The fraction of sp³-hybridized carbons (Fsp3) is 0.676. The number of benzene rings is 1. The van der Waals surface area contributed by atoms with E-state index in [1.54, 1.807) is 62.3 Å². The number of esters is 1. The highest BCUT2D eigenvalue weighted by Crippen LogP contribution is 2.11. The van der Waals surface area contributed by atoms with Crippen LogP contribution in [0.5, 0.6) is 0 Å². The Morgan fingerprint density at radius 2 is 1.15 bits per heavy atom. The SMILES string of the molecule is CC(C)(C)OC(=O)NCCN(CCNC(=O)OC(C)(C)C)C(=O)CCC(NC(=O)OC(C)(C)C)C(=O)NCCCCCC(=O)OCc1ccccc1. The molecule has 52 heavy (non-hydrogen) atoms. The summed E-state index contributed by atoms with van der Waals surface area (Å²) < 4.78 is 21.2. The van der Waals surface area contributed by atoms with Crippen LogP contribution >= 0.6 is 0 Å². The molecule has 1 aromatic rings. The number of unbranched alkanes of at least 4 members (excludes halogenated alkanes) is 2. The minimum Gasteiger partial charge on any atom is -0.461 e. The Morgan fingerprint density at radius 1 is 0.635 bits per heavy atom. The number of carbonyl (C=O) groups excluding carboxylic acids is 6. The fourth-order valence-corrected chi connectivity index (χ4v) is 4.44. The average molecular weight is 736 g/mol. The first-order valence-corrected chi connectivity index (χ1v) is 17.8. The molecule has 0 radical (unpaired) electrons. The molecule has 4 N–H and O–H groups in total. The molecule has 0 spiro atoms. The van der Waals surface area contributed by atoms with Gasteiger partial charge in [0.2, 0.25) is 11.8 Å². The third-order valence-electron chi connectivity index (χ3n) is 6.71. The van der Waals surface area contributed by atoms with Gasteiger partial charge in [-0.25, -0.2) is 14.4 Å². The summed E-state index contributed by atoms with van der Waals surface area (Å²) in [5.41, 5.74) is -1.32. The van der Waals surface area contributed by atoms with Crippen LogP contribution in [0, 0.1) is 0 Å². The number of hydrogen-bond acceptors (Lipinski definition) is 10. The van der Waals surface area contributed by atoms with E-state index in [1.807, 2.05) is 30.3 Å². The van der Waals surface area contributed by atoms with Gasteiger partial charge in [-0.2, -0.15) is 0 Å². The van der Waals surface area contributed by atoms with Crippen LogP contribution in [0.2, 0.25) is 0 Å². The lowest BCUT2D eigenvalue weighted by atomic mass is 10.1. The molecule has 0 heterocycles. The maximum absolute atomic E-state index is 13.4. The van der Waals surface area contributed by atoms with Crippen LogP contribution in [0.25, 0.3) is 0 Å². The van der Waals surface area contributed by atoms with E-state index in [-0.39, 0.29) is 70.5 Å². The quantitative estimate of drug-likeness (QED) is 0.0859. The number of nitrogens with one attached hydrogen (secondary N) is 4. The molecule has 1 unspecified atom stereocenters. The van der Waals surface area contributed by atoms with E-state index in [9.17, 15) is 28.8 Å². The molecule has 15 nitrogen and oxygen atoms in total. The second kappa shape index (κ2) is 22.4. The van der Waals surface area contributed by atoms with E-state index in [2.05, 4.69) is 21.3 Å². The summed E-state index contributed by atoms with van der Waals surface area (Å²) in [6.45, 7) is 16.3. The molecule has 1 atom stereocenters. The monoisotopic (exact) mass is 735 g/mol. The van der Waals surface area contributed by atoms with E-state index in [0.29, 0.717) is 19.3 Å². The van der Waals surface area contributed by atoms with Gasteiger partial charge in [-0.3, -0.25) is 14.4 Å². The van der Waals surface area contributed by atoms with Crippen LogP contribution in [0.3, 0.4) is 0 Å². The fourth-order valence-electron chi connectivity index (χ4n) is 4.44. The highest BCUT2D eigenvalue weighted by molar-refractivity contribution is 5.86. The molecule has 1 aromatic carbocycles. The zero-order chi connectivity index (χ0) is 39.4. The highest BCUT2D eigenvalue weighted by Gasteiger charge is 2.26. The van der Waals surface area contributed by atoms with Gasteiger partial charge in [0.05, 0.1) is 0 Å². The second-order valence-electron chi connectivity index (χ2n) is 15.2. The number of amides is 5. The molecule has 0 aliphatic rings. The normalized spacial score (nSPS) is 12.1. The molecule has 15 heteroatoms. The van der Waals surface area contributed by atoms with E-state index in [0.717, 1.165) is 5.56 Å². The van der Waals surface area contributed by atoms with Crippen LogP contribution in [0.4, 0.5) is 14.4 Å². The zero-order valence-corrected chi connectivity index (χ0v) is 32.5. The molecule has 0 saturated carbocycles. The van der Waals surface area contributed by atoms with Gasteiger partial charge >= 0.3 is 24.2 Å². The summed E-state index contributed by atoms with van der Waals surface area (Å²) in [6, 6.07) is 8.32. The molecule has 0 aromatic heterocycles. The minimum atomic E-state index is -1.09. The van der Waals surface area contributed by atoms with Crippen molar-refractivity contribution >= 4 is 36.1 Å². The third-order valence-corrected chi connectivity index (χ3v) is 6.71. The lowest BCUT2D eigenvalue weighted by Gasteiger charge is -2.26. The summed E-state index contributed by atoms with van der Waals surface area (Å²) >= 11 is 0. The molecule has 1 rings (SSSR count). The van der Waals surface area contributed by atoms with Crippen LogP contribution < -0.4 is 21.3 Å². The van der Waals surface area contributed by atoms with Crippen LogP contribution in [-0.4, -0.2) is 96.5 Å². The zero-order valence-electron chi connectivity index (χ0n) is 32.5. The van der Waals surface area contributed by atoms with Gasteiger partial charge in [-0.05, 0) is 87.1 Å². The van der Waals surface area contributed by atoms with Crippen molar-refractivity contribution in [2.45, 2.75) is 130 Å². The number of nitrogens with zero attached hydrogens (tertiary/aromatic N) is 1. The molecule has 0 bridgehead atoms. The Bertz CT molecular complexity index is 1250. The molecular weight excluding hydrogens is 674 g/mol. The smallest absolute Gasteiger partial charge is 0.408 e. The van der Waals surface area contributed by atoms with E-state index < -0.39 is 47.0 Å². The summed E-state index contributed by atoms with van der Waals surface area (Å²) in [4.78, 5) is 77.1. The van der Waals surface area contributed by atoms with Crippen molar-refractivity contribution in [1.82, 2.24) is 26.2 Å². The van der Waals surface area contributed by atoms with Gasteiger partial charge < -0.3 is 45.1 Å². The van der Waals surface area contributed by atoms with Crippen molar-refractivity contribution in [3.63, 3.8) is 0 Å². The van der Waals surface area contributed by atoms with Crippen molar-refractivity contribution in [3.05, 3.63) is 35.9 Å². The summed E-state index contributed by atoms with van der Waals surface area (Å²) in [5, 5.41) is 10.6. The van der Waals surface area contributed by atoms with Crippen LogP contribution in [0.1, 0.15) is 106 Å². The first kappa shape index (κ1) is 45.5. The summed E-state index contributed by atoms with van der Waals surface area (Å²) in [5.74, 6) is -1.17. The lowest BCUT2D eigenvalue weighted by molar-refractivity contribution is -0.145. The van der Waals surface area contributed by atoms with Crippen LogP contribution in [-0.2, 0) is 39.9 Å². The van der Waals surface area contributed by atoms with Crippen LogP contribution in [0.15, 0.2) is 30.3 Å².